The number of carboxylic acid groups (broad SMARTS) is 1. The predicted molar refractivity (Wildman–Crippen MR) is 85.5 cm³/mol. The largest absolute Gasteiger partial charge is 0.481 e. The summed E-state index contributed by atoms with van der Waals surface area (Å²) in [6.07, 6.45) is 2.11. The number of likely N-dealkylation sites (tertiary alicyclic amines) is 1. The monoisotopic (exact) mass is 336 g/mol. The maximum atomic E-state index is 12.9. The van der Waals surface area contributed by atoms with E-state index in [2.05, 4.69) is 10.00 Å². The van der Waals surface area contributed by atoms with Gasteiger partial charge in [0.15, 0.2) is 5.69 Å². The third-order valence-corrected chi connectivity index (χ3v) is 5.00. The number of amides is 1. The van der Waals surface area contributed by atoms with Crippen LogP contribution in [0, 0.1) is 5.92 Å². The predicted octanol–water partition coefficient (Wildman–Crippen LogP) is -0.293. The van der Waals surface area contributed by atoms with Gasteiger partial charge in [0, 0.05) is 57.4 Å². The molecule has 1 aromatic rings. The molecule has 1 fully saturated rings. The molecule has 0 aromatic carbocycles. The van der Waals surface area contributed by atoms with Crippen molar-refractivity contribution in [3.8, 4) is 0 Å². The van der Waals surface area contributed by atoms with Crippen LogP contribution in [0.25, 0.3) is 0 Å². The van der Waals surface area contributed by atoms with Crippen LogP contribution in [0.5, 0.6) is 0 Å². The van der Waals surface area contributed by atoms with Crippen molar-refractivity contribution in [1.29, 1.82) is 0 Å². The Bertz CT molecular complexity index is 642. The zero-order chi connectivity index (χ0) is 17.3. The van der Waals surface area contributed by atoms with Crippen LogP contribution >= 0.6 is 0 Å². The Morgan fingerprint density at radius 3 is 2.83 bits per heavy atom. The van der Waals surface area contributed by atoms with E-state index < -0.39 is 11.9 Å². The number of piperidine rings is 1. The molecule has 1 unspecified atom stereocenters. The normalized spacial score (nSPS) is 21.6. The molecule has 3 heterocycles. The minimum absolute atomic E-state index is 0.0886. The Labute approximate surface area is 140 Å². The van der Waals surface area contributed by atoms with Crippen molar-refractivity contribution in [2.45, 2.75) is 25.8 Å². The Balaban J connectivity index is 1.82. The fraction of sp³-hybridized carbons (Fsp3) is 0.688. The van der Waals surface area contributed by atoms with E-state index in [9.17, 15) is 14.7 Å². The number of hydrogen-bond acceptors (Lipinski definition) is 5. The molecule has 0 spiro atoms. The van der Waals surface area contributed by atoms with Crippen LogP contribution in [0.15, 0.2) is 0 Å². The third-order valence-electron chi connectivity index (χ3n) is 5.00. The van der Waals surface area contributed by atoms with E-state index in [1.165, 1.54) is 0 Å². The van der Waals surface area contributed by atoms with Crippen LogP contribution < -0.4 is 0 Å². The smallest absolute Gasteiger partial charge is 0.308 e. The zero-order valence-electron chi connectivity index (χ0n) is 13.9. The van der Waals surface area contributed by atoms with Gasteiger partial charge in [-0.25, -0.2) is 0 Å². The van der Waals surface area contributed by atoms with E-state index in [0.29, 0.717) is 38.2 Å². The average Bonchev–Trinajstić information content (AvgIpc) is 2.91. The van der Waals surface area contributed by atoms with Crippen LogP contribution in [-0.2, 0) is 24.8 Å². The van der Waals surface area contributed by atoms with Gasteiger partial charge in [0.25, 0.3) is 5.91 Å². The van der Waals surface area contributed by atoms with Crippen molar-refractivity contribution in [2.24, 2.45) is 13.0 Å². The maximum absolute atomic E-state index is 12.9. The fourth-order valence-electron chi connectivity index (χ4n) is 3.67. The van der Waals surface area contributed by atoms with Crippen molar-refractivity contribution in [1.82, 2.24) is 19.6 Å². The number of nitrogens with zero attached hydrogens (tertiary/aromatic N) is 4. The summed E-state index contributed by atoms with van der Waals surface area (Å²) in [6.45, 7) is 2.93. The molecule has 2 aliphatic rings. The highest BCUT2D eigenvalue weighted by Gasteiger charge is 2.33. The molecule has 0 saturated carbocycles. The van der Waals surface area contributed by atoms with E-state index in [4.69, 9.17) is 5.11 Å². The lowest BCUT2D eigenvalue weighted by molar-refractivity contribution is -0.143. The van der Waals surface area contributed by atoms with E-state index in [-0.39, 0.29) is 19.1 Å². The number of rotatable bonds is 4. The summed E-state index contributed by atoms with van der Waals surface area (Å²) >= 11 is 0. The van der Waals surface area contributed by atoms with Gasteiger partial charge < -0.3 is 15.1 Å². The first-order valence-corrected chi connectivity index (χ1v) is 8.41. The number of aryl methyl sites for hydroxylation is 1. The van der Waals surface area contributed by atoms with Crippen molar-refractivity contribution in [3.05, 3.63) is 17.0 Å². The molecular weight excluding hydrogens is 312 g/mol. The fourth-order valence-corrected chi connectivity index (χ4v) is 3.67. The second kappa shape index (κ2) is 6.90. The second-order valence-electron chi connectivity index (χ2n) is 6.58. The molecule has 3 rings (SSSR count). The summed E-state index contributed by atoms with van der Waals surface area (Å²) in [4.78, 5) is 27.9. The number of aliphatic carboxylic acids is 1. The molecule has 0 radical (unpaired) electrons. The first-order valence-electron chi connectivity index (χ1n) is 8.41. The van der Waals surface area contributed by atoms with E-state index >= 15 is 0 Å². The van der Waals surface area contributed by atoms with Crippen LogP contribution in [0.3, 0.4) is 0 Å². The summed E-state index contributed by atoms with van der Waals surface area (Å²) in [5.74, 6) is -1.51. The quantitative estimate of drug-likeness (QED) is 0.784. The highest BCUT2D eigenvalue weighted by molar-refractivity contribution is 5.94. The Morgan fingerprint density at radius 1 is 1.33 bits per heavy atom. The highest BCUT2D eigenvalue weighted by atomic mass is 16.4. The Morgan fingerprint density at radius 2 is 2.12 bits per heavy atom. The van der Waals surface area contributed by atoms with Crippen LogP contribution in [0.2, 0.25) is 0 Å². The number of aromatic nitrogens is 2. The number of carboxylic acids is 1. The van der Waals surface area contributed by atoms with Crippen LogP contribution in [0.1, 0.15) is 34.6 Å². The number of aliphatic hydroxyl groups is 1. The lowest BCUT2D eigenvalue weighted by atomic mass is 9.97. The summed E-state index contributed by atoms with van der Waals surface area (Å²) in [5, 5.41) is 22.8. The van der Waals surface area contributed by atoms with E-state index in [1.807, 2.05) is 7.05 Å². The molecule has 24 heavy (non-hydrogen) atoms. The topological polar surface area (TPSA) is 98.9 Å². The SMILES string of the molecule is Cn1nc(C(=O)N2CCCC(C(=O)O)C2)c2c1CCN(CCO)C2. The third kappa shape index (κ3) is 3.16. The summed E-state index contributed by atoms with van der Waals surface area (Å²) in [7, 11) is 1.84. The molecule has 0 aliphatic carbocycles. The maximum Gasteiger partial charge on any atom is 0.308 e. The molecule has 8 heteroatoms. The standard InChI is InChI=1S/C16H24N4O4/c1-18-13-4-6-19(7-8-21)10-12(13)14(17-18)15(22)20-5-2-3-11(9-20)16(23)24/h11,21H,2-10H2,1H3,(H,23,24). The number of hydrogen-bond donors (Lipinski definition) is 2. The number of carbonyl (C=O) groups is 2. The molecule has 2 N–H and O–H groups in total. The molecule has 2 aliphatic heterocycles. The van der Waals surface area contributed by atoms with Gasteiger partial charge in [-0.05, 0) is 12.8 Å². The average molecular weight is 336 g/mol. The lowest BCUT2D eigenvalue weighted by Crippen LogP contribution is -2.43. The van der Waals surface area contributed by atoms with Crippen molar-refractivity contribution < 1.29 is 19.8 Å². The Hall–Kier alpha value is -1.93. The first-order chi connectivity index (χ1) is 11.5. The molecule has 132 valence electrons. The molecule has 1 saturated heterocycles. The first kappa shape index (κ1) is 16.9. The van der Waals surface area contributed by atoms with E-state index in [1.54, 1.807) is 9.58 Å². The van der Waals surface area contributed by atoms with Crippen molar-refractivity contribution >= 4 is 11.9 Å². The zero-order valence-corrected chi connectivity index (χ0v) is 13.9. The second-order valence-corrected chi connectivity index (χ2v) is 6.58. The Kier molecular flexibility index (Phi) is 4.86. The van der Waals surface area contributed by atoms with Gasteiger partial charge in [-0.3, -0.25) is 19.2 Å². The number of fused-ring (bicyclic) bond motifs is 1. The van der Waals surface area contributed by atoms with Crippen molar-refractivity contribution in [2.75, 3.05) is 32.8 Å². The van der Waals surface area contributed by atoms with Gasteiger partial charge >= 0.3 is 5.97 Å². The molecule has 0 bridgehead atoms. The lowest BCUT2D eigenvalue weighted by Gasteiger charge is -2.31. The highest BCUT2D eigenvalue weighted by Crippen LogP contribution is 2.25. The minimum Gasteiger partial charge on any atom is -0.481 e. The van der Waals surface area contributed by atoms with Gasteiger partial charge in [0.1, 0.15) is 0 Å². The minimum atomic E-state index is -0.843. The van der Waals surface area contributed by atoms with Crippen molar-refractivity contribution in [3.63, 3.8) is 0 Å². The van der Waals surface area contributed by atoms with Gasteiger partial charge in [0.05, 0.1) is 12.5 Å². The van der Waals surface area contributed by atoms with Gasteiger partial charge in [0.2, 0.25) is 0 Å². The van der Waals surface area contributed by atoms with Gasteiger partial charge in [-0.2, -0.15) is 5.10 Å². The van der Waals surface area contributed by atoms with E-state index in [0.717, 1.165) is 24.2 Å². The van der Waals surface area contributed by atoms with Gasteiger partial charge in [-0.1, -0.05) is 0 Å². The molecule has 1 atom stereocenters. The van der Waals surface area contributed by atoms with Crippen LogP contribution in [0.4, 0.5) is 0 Å². The van der Waals surface area contributed by atoms with Gasteiger partial charge in [-0.15, -0.1) is 0 Å². The molecule has 1 amide bonds. The molecular formula is C16H24N4O4. The number of carbonyl (C=O) groups excluding carboxylic acids is 1. The number of aliphatic hydroxyl groups excluding tert-OH is 1. The summed E-state index contributed by atoms with van der Waals surface area (Å²) < 4.78 is 1.76. The van der Waals surface area contributed by atoms with Crippen LogP contribution in [-0.4, -0.2) is 74.5 Å². The summed E-state index contributed by atoms with van der Waals surface area (Å²) in [5.41, 5.74) is 2.40. The number of β-amino-alcohol motifs (C(OH)–C–C–N with tert-alkyl or cyclic N) is 1. The molecule has 8 nitrogen and oxygen atoms in total. The summed E-state index contributed by atoms with van der Waals surface area (Å²) in [6, 6.07) is 0. The molecule has 1 aromatic heterocycles.